The minimum Gasteiger partial charge on any atom is -0.271 e. The molecule has 102 valence electrons. The summed E-state index contributed by atoms with van der Waals surface area (Å²) >= 11 is 7.13. The third-order valence-corrected chi connectivity index (χ3v) is 4.26. The van der Waals surface area contributed by atoms with Crippen LogP contribution in [0.1, 0.15) is 30.6 Å². The van der Waals surface area contributed by atoms with E-state index < -0.39 is 0 Å². The second-order valence-corrected chi connectivity index (χ2v) is 5.93. The predicted octanol–water partition coefficient (Wildman–Crippen LogP) is 3.37. The molecular weight excluding hydrogens is 372 g/mol. The maximum Gasteiger partial charge on any atom is 0.0900 e. The van der Waals surface area contributed by atoms with Crippen LogP contribution < -0.4 is 11.3 Å². The number of benzene rings is 1. The van der Waals surface area contributed by atoms with Crippen molar-refractivity contribution >= 4 is 31.9 Å². The van der Waals surface area contributed by atoms with E-state index in [4.69, 9.17) is 5.84 Å². The smallest absolute Gasteiger partial charge is 0.0900 e. The molecule has 0 aliphatic heterocycles. The van der Waals surface area contributed by atoms with Crippen LogP contribution in [-0.4, -0.2) is 9.78 Å². The molecule has 2 rings (SSSR count). The van der Waals surface area contributed by atoms with E-state index in [1.165, 1.54) is 0 Å². The lowest BCUT2D eigenvalue weighted by Crippen LogP contribution is -2.31. The van der Waals surface area contributed by atoms with Crippen LogP contribution in [0.15, 0.2) is 39.4 Å². The molecule has 0 aliphatic rings. The van der Waals surface area contributed by atoms with Gasteiger partial charge in [-0.15, -0.1) is 0 Å². The number of hydrogen-bond donors (Lipinski definition) is 2. The molecule has 0 aliphatic carbocycles. The van der Waals surface area contributed by atoms with Crippen molar-refractivity contribution in [2.75, 3.05) is 0 Å². The van der Waals surface area contributed by atoms with Crippen LogP contribution in [0.4, 0.5) is 0 Å². The Labute approximate surface area is 129 Å². The quantitative estimate of drug-likeness (QED) is 0.610. The fraction of sp³-hybridized carbons (Fsp3) is 0.308. The van der Waals surface area contributed by atoms with E-state index in [2.05, 4.69) is 49.3 Å². The van der Waals surface area contributed by atoms with Crippen molar-refractivity contribution in [1.29, 1.82) is 0 Å². The van der Waals surface area contributed by atoms with E-state index in [1.54, 1.807) is 0 Å². The maximum absolute atomic E-state index is 5.77. The topological polar surface area (TPSA) is 55.9 Å². The van der Waals surface area contributed by atoms with Crippen LogP contribution in [0, 0.1) is 0 Å². The third kappa shape index (κ3) is 3.08. The lowest BCUT2D eigenvalue weighted by atomic mass is 10.0. The summed E-state index contributed by atoms with van der Waals surface area (Å²) in [4.78, 5) is 0. The normalized spacial score (nSPS) is 12.6. The minimum atomic E-state index is -0.112. The van der Waals surface area contributed by atoms with Crippen LogP contribution >= 0.6 is 31.9 Å². The SMILES string of the molecule is CCCn1ncc(Br)c1C(NN)c1ccccc1Br. The predicted molar refractivity (Wildman–Crippen MR) is 83.5 cm³/mol. The summed E-state index contributed by atoms with van der Waals surface area (Å²) in [6, 6.07) is 7.93. The average Bonchev–Trinajstić information content (AvgIpc) is 2.75. The van der Waals surface area contributed by atoms with Gasteiger partial charge in [-0.05, 0) is 34.0 Å². The van der Waals surface area contributed by atoms with Gasteiger partial charge in [0.05, 0.1) is 22.4 Å². The summed E-state index contributed by atoms with van der Waals surface area (Å²) in [5, 5.41) is 4.39. The van der Waals surface area contributed by atoms with Gasteiger partial charge < -0.3 is 0 Å². The fourth-order valence-electron chi connectivity index (χ4n) is 2.07. The van der Waals surface area contributed by atoms with E-state index in [9.17, 15) is 0 Å². The van der Waals surface area contributed by atoms with Crippen molar-refractivity contribution in [1.82, 2.24) is 15.2 Å². The van der Waals surface area contributed by atoms with E-state index in [0.717, 1.165) is 33.2 Å². The second-order valence-electron chi connectivity index (χ2n) is 4.22. The first-order chi connectivity index (χ1) is 9.19. The number of hydrogen-bond acceptors (Lipinski definition) is 3. The number of hydrazine groups is 1. The zero-order valence-electron chi connectivity index (χ0n) is 10.6. The number of nitrogens with one attached hydrogen (secondary N) is 1. The second kappa shape index (κ2) is 6.65. The number of aromatic nitrogens is 2. The number of rotatable bonds is 5. The zero-order chi connectivity index (χ0) is 13.8. The van der Waals surface area contributed by atoms with Gasteiger partial charge in [0.25, 0.3) is 0 Å². The molecular formula is C13H16Br2N4. The first kappa shape index (κ1) is 14.7. The molecule has 4 nitrogen and oxygen atoms in total. The van der Waals surface area contributed by atoms with E-state index in [0.29, 0.717) is 0 Å². The van der Waals surface area contributed by atoms with Crippen LogP contribution in [-0.2, 0) is 6.54 Å². The molecule has 1 atom stereocenters. The van der Waals surface area contributed by atoms with Gasteiger partial charge in [-0.1, -0.05) is 41.1 Å². The Balaban J connectivity index is 2.48. The zero-order valence-corrected chi connectivity index (χ0v) is 13.8. The van der Waals surface area contributed by atoms with E-state index in [-0.39, 0.29) is 6.04 Å². The average molecular weight is 388 g/mol. The summed E-state index contributed by atoms with van der Waals surface area (Å²) in [5.74, 6) is 5.77. The van der Waals surface area contributed by atoms with Gasteiger partial charge in [-0.3, -0.25) is 10.5 Å². The monoisotopic (exact) mass is 386 g/mol. The van der Waals surface area contributed by atoms with Crippen molar-refractivity contribution in [3.8, 4) is 0 Å². The lowest BCUT2D eigenvalue weighted by molar-refractivity contribution is 0.519. The maximum atomic E-state index is 5.77. The largest absolute Gasteiger partial charge is 0.271 e. The molecule has 1 heterocycles. The highest BCUT2D eigenvalue weighted by Crippen LogP contribution is 2.32. The molecule has 1 aromatic carbocycles. The molecule has 6 heteroatoms. The van der Waals surface area contributed by atoms with Crippen molar-refractivity contribution < 1.29 is 0 Å². The third-order valence-electron chi connectivity index (χ3n) is 2.92. The fourth-order valence-corrected chi connectivity index (χ4v) is 3.11. The van der Waals surface area contributed by atoms with Crippen molar-refractivity contribution in [2.45, 2.75) is 25.9 Å². The molecule has 19 heavy (non-hydrogen) atoms. The van der Waals surface area contributed by atoms with Crippen molar-refractivity contribution in [3.05, 3.63) is 50.7 Å². The van der Waals surface area contributed by atoms with Gasteiger partial charge in [0.2, 0.25) is 0 Å². The molecule has 0 saturated carbocycles. The van der Waals surface area contributed by atoms with Crippen LogP contribution in [0.5, 0.6) is 0 Å². The molecule has 0 saturated heterocycles. The van der Waals surface area contributed by atoms with Gasteiger partial charge in [0.1, 0.15) is 0 Å². The standard InChI is InChI=1S/C13H16Br2N4/c1-2-7-19-13(11(15)8-17-19)12(18-16)9-5-3-4-6-10(9)14/h3-6,8,12,18H,2,7,16H2,1H3. The number of nitrogens with two attached hydrogens (primary N) is 1. The van der Waals surface area contributed by atoms with Crippen LogP contribution in [0.3, 0.4) is 0 Å². The Kier molecular flexibility index (Phi) is 5.15. The highest BCUT2D eigenvalue weighted by Gasteiger charge is 2.22. The summed E-state index contributed by atoms with van der Waals surface area (Å²) in [6.45, 7) is 2.99. The molecule has 0 fully saturated rings. The molecule has 0 radical (unpaired) electrons. The van der Waals surface area contributed by atoms with Crippen LogP contribution in [0.25, 0.3) is 0 Å². The lowest BCUT2D eigenvalue weighted by Gasteiger charge is -2.20. The molecule has 0 amide bonds. The van der Waals surface area contributed by atoms with E-state index in [1.807, 2.05) is 35.1 Å². The molecule has 3 N–H and O–H groups in total. The Hall–Kier alpha value is -0.690. The van der Waals surface area contributed by atoms with Gasteiger partial charge in [0, 0.05) is 11.0 Å². The molecule has 2 aromatic rings. The first-order valence-corrected chi connectivity index (χ1v) is 7.69. The Morgan fingerprint density at radius 2 is 2.05 bits per heavy atom. The summed E-state index contributed by atoms with van der Waals surface area (Å²) < 4.78 is 3.96. The highest BCUT2D eigenvalue weighted by molar-refractivity contribution is 9.10. The Bertz CT molecular complexity index is 553. The summed E-state index contributed by atoms with van der Waals surface area (Å²) in [7, 11) is 0. The number of halogens is 2. The van der Waals surface area contributed by atoms with Gasteiger partial charge in [-0.25, -0.2) is 5.43 Å². The molecule has 0 spiro atoms. The summed E-state index contributed by atoms with van der Waals surface area (Å²) in [6.07, 6.45) is 2.83. The minimum absolute atomic E-state index is 0.112. The van der Waals surface area contributed by atoms with E-state index >= 15 is 0 Å². The molecule has 0 bridgehead atoms. The molecule has 1 aromatic heterocycles. The Morgan fingerprint density at radius 3 is 2.68 bits per heavy atom. The van der Waals surface area contributed by atoms with Crippen molar-refractivity contribution in [3.63, 3.8) is 0 Å². The Morgan fingerprint density at radius 1 is 1.32 bits per heavy atom. The molecule has 1 unspecified atom stereocenters. The van der Waals surface area contributed by atoms with Gasteiger partial charge >= 0.3 is 0 Å². The highest BCUT2D eigenvalue weighted by atomic mass is 79.9. The number of nitrogens with zero attached hydrogens (tertiary/aromatic N) is 2. The number of aryl methyl sites for hydroxylation is 1. The first-order valence-electron chi connectivity index (χ1n) is 6.10. The van der Waals surface area contributed by atoms with Gasteiger partial charge in [-0.2, -0.15) is 5.10 Å². The van der Waals surface area contributed by atoms with Crippen LogP contribution in [0.2, 0.25) is 0 Å². The summed E-state index contributed by atoms with van der Waals surface area (Å²) in [5.41, 5.74) is 5.01. The van der Waals surface area contributed by atoms with Gasteiger partial charge in [0.15, 0.2) is 0 Å². The van der Waals surface area contributed by atoms with Crippen molar-refractivity contribution in [2.24, 2.45) is 5.84 Å².